The van der Waals surface area contributed by atoms with Gasteiger partial charge in [0.05, 0.1) is 32.2 Å². The summed E-state index contributed by atoms with van der Waals surface area (Å²) in [6.07, 6.45) is -3.34. The molecule has 12 atom stereocenters. The van der Waals surface area contributed by atoms with E-state index in [1.165, 1.54) is 88.0 Å². The van der Waals surface area contributed by atoms with Crippen LogP contribution < -0.4 is 16.0 Å². The zero-order valence-electron chi connectivity index (χ0n) is 65.7. The number of fused-ring (bicyclic) bond motifs is 3. The summed E-state index contributed by atoms with van der Waals surface area (Å²) in [5.74, 6) is -13.5. The topological polar surface area (TPSA) is 289 Å². The Morgan fingerprint density at radius 1 is 0.682 bits per heavy atom. The van der Waals surface area contributed by atoms with Crippen molar-refractivity contribution in [1.29, 1.82) is 0 Å². The average Bonchev–Trinajstić information content (AvgIpc) is 1.21. The van der Waals surface area contributed by atoms with E-state index in [0.717, 1.165) is 51.7 Å². The van der Waals surface area contributed by atoms with Gasteiger partial charge in [-0.15, -0.1) is 0 Å². The third-order valence-electron chi connectivity index (χ3n) is 24.0. The van der Waals surface area contributed by atoms with E-state index in [2.05, 4.69) is 22.9 Å². The summed E-state index contributed by atoms with van der Waals surface area (Å²) < 4.78 is 84.6. The van der Waals surface area contributed by atoms with Crippen molar-refractivity contribution >= 4 is 70.9 Å². The number of carbonyl (C=O) groups is 12. The molecule has 1 spiro atoms. The van der Waals surface area contributed by atoms with Crippen molar-refractivity contribution in [3.05, 3.63) is 12.2 Å². The van der Waals surface area contributed by atoms with E-state index in [-0.39, 0.29) is 64.1 Å². The predicted molar refractivity (Wildman–Crippen MR) is 387 cm³/mol. The molecule has 3 aliphatic heterocycles. The first-order valence-electron chi connectivity index (χ1n) is 38.6. The third-order valence-corrected chi connectivity index (χ3v) is 24.0. The molecule has 2 unspecified atom stereocenters. The van der Waals surface area contributed by atoms with Crippen molar-refractivity contribution in [3.8, 4) is 0 Å². The average molecular weight is 1520 g/mol. The van der Waals surface area contributed by atoms with Crippen LogP contribution in [0.2, 0.25) is 0 Å². The lowest BCUT2D eigenvalue weighted by Crippen LogP contribution is -2.71. The molecule has 3 N–H and O–H groups in total. The number of hydrogen-bond donors (Lipinski definition) is 3. The zero-order valence-corrected chi connectivity index (χ0v) is 65.7. The van der Waals surface area contributed by atoms with Gasteiger partial charge in [0.25, 0.3) is 0 Å². The smallest absolute Gasteiger partial charge is 0.382 e. The molecule has 26 nitrogen and oxygen atoms in total. The second-order valence-corrected chi connectivity index (χ2v) is 32.9. The molecule has 2 saturated heterocycles. The molecule has 604 valence electrons. The Balaban J connectivity index is 1.34. The number of ether oxygens (including phenoxy) is 2. The lowest BCUT2D eigenvalue weighted by molar-refractivity contribution is -0.219. The molecule has 7 rings (SSSR count). The summed E-state index contributed by atoms with van der Waals surface area (Å²) in [7, 11) is 12.5. The van der Waals surface area contributed by atoms with E-state index in [1.807, 2.05) is 19.9 Å². The van der Waals surface area contributed by atoms with Crippen LogP contribution in [0.15, 0.2) is 12.2 Å². The molecular weight excluding hydrogens is 1400 g/mol. The predicted octanol–water partition coefficient (Wildman–Crippen LogP) is 5.44. The Kier molecular flexibility index (Phi) is 30.6. The van der Waals surface area contributed by atoms with Crippen molar-refractivity contribution in [2.45, 2.75) is 255 Å². The van der Waals surface area contributed by atoms with Gasteiger partial charge in [0, 0.05) is 89.6 Å². The fourth-order valence-electron chi connectivity index (χ4n) is 17.6. The van der Waals surface area contributed by atoms with Crippen LogP contribution in [-0.4, -0.2) is 296 Å². The Labute approximate surface area is 628 Å². The van der Waals surface area contributed by atoms with E-state index in [0.29, 0.717) is 44.4 Å². The van der Waals surface area contributed by atoms with Crippen LogP contribution in [0.4, 0.5) is 22.0 Å². The van der Waals surface area contributed by atoms with Crippen molar-refractivity contribution < 1.29 is 89.0 Å². The van der Waals surface area contributed by atoms with Crippen molar-refractivity contribution in [1.82, 2.24) is 60.0 Å². The van der Waals surface area contributed by atoms with Gasteiger partial charge in [0.1, 0.15) is 72.1 Å². The molecule has 0 radical (unpaired) electrons. The minimum Gasteiger partial charge on any atom is -0.382 e. The second-order valence-electron chi connectivity index (χ2n) is 32.9. The molecule has 31 heteroatoms. The minimum atomic E-state index is -5.18. The number of nitrogens with zero attached hydrogens (tertiary/aromatic N) is 9. The molecule has 6 fully saturated rings. The fraction of sp³-hybridized carbons (Fsp3) is 0.816. The number of amides is 12. The summed E-state index contributed by atoms with van der Waals surface area (Å²) in [5.41, 5.74) is -2.31. The van der Waals surface area contributed by atoms with Crippen molar-refractivity contribution in [2.75, 3.05) is 103 Å². The lowest BCUT2D eigenvalue weighted by atomic mass is 9.58. The molecule has 3 heterocycles. The SMILES string of the molecule is CCO[C@@H]1C[C@H]2C(=O)NC3(CC(C)(C)C3)C(=O)N(C)[C@@H](C3CCCCC3)C(=O)N(C)[C@H](C(=O)N(C)C)CC(=O)N(C)[C@@H](COC)C(=O)N[C@@H]([C@@H](C)CC)C(=O)N(C)CC(=O)N(C)[C@H]3C/C=C\CCN(C3=O)[C@@H](CC3CCC(C)CC3)C(=O)N(C)CC(=O)N[C@@H](CCC3CC(F)C(C(F)(F)F)C(F)C3)C(=O)N2C1. The van der Waals surface area contributed by atoms with E-state index in [4.69, 9.17) is 9.47 Å². The van der Waals surface area contributed by atoms with E-state index in [9.17, 15) is 41.9 Å². The fourth-order valence-corrected chi connectivity index (χ4v) is 17.6. The summed E-state index contributed by atoms with van der Waals surface area (Å²) in [6, 6.07) is -11.0. The summed E-state index contributed by atoms with van der Waals surface area (Å²) in [6.45, 7) is 9.30. The normalized spacial score (nSPS) is 32.6. The number of hydrogen-bond acceptors (Lipinski definition) is 14. The van der Waals surface area contributed by atoms with Gasteiger partial charge in [-0.2, -0.15) is 13.2 Å². The van der Waals surface area contributed by atoms with Crippen LogP contribution in [0.1, 0.15) is 176 Å². The third kappa shape index (κ3) is 21.3. The number of alkyl halides is 5. The van der Waals surface area contributed by atoms with Gasteiger partial charge < -0.3 is 69.5 Å². The van der Waals surface area contributed by atoms with Crippen molar-refractivity contribution in [3.63, 3.8) is 0 Å². The standard InChI is InChI=1S/C76H121F5N12O14/c1-16-46(4)63-71(103)87(10)41-61(96)88(11)54-26-22-19-23-33-92(70(54)102)57(36-47-29-27-45(3)28-30-47)69(101)86(9)40-59(94)82-53(32-31-48-34-51(77)62(52(78)35-48)76(79,80)81)67(99)93-39-50(107-17-2)37-55(93)66(98)84-75(43-74(5,6)44-75)73(105)91(14)64(49-24-20-18-21-25-49)72(104)90(13)56(68(100)85(7)8)38-60(95)89(12)58(42-106-15)65(97)83-63/h19,22,45-58,62-64H,16-18,20-21,23-44H2,1-15H3,(H,82,94)(H,83,97)(H,84,98)/b22-19-/t45?,46-,47?,48?,50+,51?,52?,53-,54-,55-,56-,57-,58-,62?,63-,64-/m0/s1. The highest BCUT2D eigenvalue weighted by Crippen LogP contribution is 2.50. The van der Waals surface area contributed by atoms with E-state index >= 15 is 37.5 Å². The van der Waals surface area contributed by atoms with Gasteiger partial charge >= 0.3 is 6.18 Å². The van der Waals surface area contributed by atoms with Gasteiger partial charge in [0.15, 0.2) is 0 Å². The Bertz CT molecular complexity index is 3180. The molecule has 12 amide bonds. The van der Waals surface area contributed by atoms with Crippen LogP contribution in [0.25, 0.3) is 0 Å². The second kappa shape index (κ2) is 37.6. The molecule has 2 bridgehead atoms. The Morgan fingerprint density at radius 3 is 1.89 bits per heavy atom. The molecule has 7 aliphatic rings. The van der Waals surface area contributed by atoms with Gasteiger partial charge in [0.2, 0.25) is 70.9 Å². The summed E-state index contributed by atoms with van der Waals surface area (Å²) >= 11 is 0. The first-order valence-corrected chi connectivity index (χ1v) is 38.6. The summed E-state index contributed by atoms with van der Waals surface area (Å²) in [4.78, 5) is 193. The Hall–Kier alpha value is -7.05. The van der Waals surface area contributed by atoms with Crippen molar-refractivity contribution in [2.24, 2.45) is 40.9 Å². The highest BCUT2D eigenvalue weighted by atomic mass is 19.4. The molecular formula is C76H121F5N12O14. The molecule has 4 aliphatic carbocycles. The quantitative estimate of drug-likeness (QED) is 0.153. The number of nitrogens with one attached hydrogen (secondary N) is 3. The maximum absolute atomic E-state index is 15.8. The largest absolute Gasteiger partial charge is 0.397 e. The van der Waals surface area contributed by atoms with E-state index < -0.39 is 224 Å². The van der Waals surface area contributed by atoms with Gasteiger partial charge in [-0.3, -0.25) is 57.5 Å². The van der Waals surface area contributed by atoms with E-state index in [1.54, 1.807) is 26.8 Å². The van der Waals surface area contributed by atoms with Crippen LogP contribution in [-0.2, 0) is 67.0 Å². The van der Waals surface area contributed by atoms with Crippen LogP contribution in [0, 0.1) is 40.9 Å². The first-order chi connectivity index (χ1) is 50.2. The minimum absolute atomic E-state index is 0.00215. The maximum atomic E-state index is 15.8. The van der Waals surface area contributed by atoms with Gasteiger partial charge in [-0.1, -0.05) is 98.1 Å². The number of likely N-dealkylation sites (N-methyl/N-ethyl adjacent to an activating group) is 7. The van der Waals surface area contributed by atoms with Crippen LogP contribution in [0.5, 0.6) is 0 Å². The highest BCUT2D eigenvalue weighted by molar-refractivity contribution is 6.01. The molecule has 107 heavy (non-hydrogen) atoms. The Morgan fingerprint density at radius 2 is 1.31 bits per heavy atom. The number of rotatable bonds is 13. The maximum Gasteiger partial charge on any atom is 0.397 e. The number of halogens is 5. The van der Waals surface area contributed by atoms with Crippen LogP contribution >= 0.6 is 0 Å². The van der Waals surface area contributed by atoms with Gasteiger partial charge in [-0.25, -0.2) is 8.78 Å². The zero-order chi connectivity index (χ0) is 79.5. The number of methoxy groups -OCH3 is 1. The first kappa shape index (κ1) is 87.2. The summed E-state index contributed by atoms with van der Waals surface area (Å²) in [5, 5.41) is 8.56. The molecule has 4 saturated carbocycles. The van der Waals surface area contributed by atoms with Crippen LogP contribution in [0.3, 0.4) is 0 Å². The highest BCUT2D eigenvalue weighted by Gasteiger charge is 2.60. The van der Waals surface area contributed by atoms with Gasteiger partial charge in [-0.05, 0) is 113 Å². The monoisotopic (exact) mass is 1520 g/mol. The molecule has 0 aromatic carbocycles. The molecule has 0 aromatic heterocycles. The number of carbonyl (C=O) groups excluding carboxylic acids is 12. The lowest BCUT2D eigenvalue weighted by Gasteiger charge is -2.54. The molecule has 0 aromatic rings.